The Hall–Kier alpha value is -3.07. The summed E-state index contributed by atoms with van der Waals surface area (Å²) in [5, 5.41) is 7.71. The lowest BCUT2D eigenvalue weighted by molar-refractivity contribution is -0.141. The van der Waals surface area contributed by atoms with Crippen LogP contribution in [0.25, 0.3) is 5.69 Å². The standard InChI is InChI=1S/C24H33N5O4/c1-4-27-13-12-20-18(15-27)19(26-29(20)21-8-6-7-9-22(21)32-3)16-28(17-10-11-17)24(31)25-14-23(30)33-5-2/h6-9,17H,4-5,10-16H2,1-3H3,(H,25,31). The number of hydrogen-bond donors (Lipinski definition) is 1. The molecule has 0 unspecified atom stereocenters. The van der Waals surface area contributed by atoms with Crippen molar-refractivity contribution in [3.8, 4) is 11.4 Å². The van der Waals surface area contributed by atoms with E-state index < -0.39 is 5.97 Å². The van der Waals surface area contributed by atoms with Gasteiger partial charge in [0.25, 0.3) is 0 Å². The predicted octanol–water partition coefficient (Wildman–Crippen LogP) is 2.50. The van der Waals surface area contributed by atoms with Crippen molar-refractivity contribution in [2.75, 3.05) is 33.4 Å². The third-order valence-corrected chi connectivity index (χ3v) is 6.24. The van der Waals surface area contributed by atoms with Gasteiger partial charge in [-0.2, -0.15) is 5.10 Å². The molecule has 0 bridgehead atoms. The van der Waals surface area contributed by atoms with E-state index in [1.807, 2.05) is 28.9 Å². The van der Waals surface area contributed by atoms with Crippen LogP contribution < -0.4 is 10.1 Å². The number of hydrogen-bond acceptors (Lipinski definition) is 6. The first-order valence-corrected chi connectivity index (χ1v) is 11.7. The Labute approximate surface area is 194 Å². The van der Waals surface area contributed by atoms with E-state index >= 15 is 0 Å². The van der Waals surface area contributed by atoms with Crippen molar-refractivity contribution < 1.29 is 19.1 Å². The van der Waals surface area contributed by atoms with Crippen LogP contribution in [0.3, 0.4) is 0 Å². The molecule has 33 heavy (non-hydrogen) atoms. The second-order valence-corrected chi connectivity index (χ2v) is 8.40. The van der Waals surface area contributed by atoms with E-state index in [-0.39, 0.29) is 18.6 Å². The summed E-state index contributed by atoms with van der Waals surface area (Å²) in [4.78, 5) is 28.8. The number of aromatic nitrogens is 2. The molecule has 1 aromatic carbocycles. The molecular formula is C24H33N5O4. The summed E-state index contributed by atoms with van der Waals surface area (Å²) in [6, 6.07) is 7.78. The fourth-order valence-electron chi connectivity index (χ4n) is 4.32. The van der Waals surface area contributed by atoms with Gasteiger partial charge in [0.15, 0.2) is 0 Å². The summed E-state index contributed by atoms with van der Waals surface area (Å²) in [5.41, 5.74) is 4.14. The number of nitrogens with zero attached hydrogens (tertiary/aromatic N) is 4. The van der Waals surface area contributed by atoms with Gasteiger partial charge in [0.1, 0.15) is 18.0 Å². The maximum absolute atomic E-state index is 12.9. The molecule has 0 saturated heterocycles. The van der Waals surface area contributed by atoms with Crippen molar-refractivity contribution in [3.63, 3.8) is 0 Å². The van der Waals surface area contributed by atoms with E-state index in [1.54, 1.807) is 18.9 Å². The van der Waals surface area contributed by atoms with Crippen LogP contribution in [-0.4, -0.2) is 71.0 Å². The minimum Gasteiger partial charge on any atom is -0.494 e. The first-order chi connectivity index (χ1) is 16.0. The predicted molar refractivity (Wildman–Crippen MR) is 123 cm³/mol. The number of amides is 2. The zero-order valence-electron chi connectivity index (χ0n) is 19.7. The average Bonchev–Trinajstić information content (AvgIpc) is 3.62. The molecule has 0 atom stereocenters. The second kappa shape index (κ2) is 10.2. The Balaban J connectivity index is 1.63. The van der Waals surface area contributed by atoms with Gasteiger partial charge in [-0.3, -0.25) is 9.69 Å². The lowest BCUT2D eigenvalue weighted by Gasteiger charge is -2.27. The Morgan fingerprint density at radius 1 is 1.24 bits per heavy atom. The number of nitrogens with one attached hydrogen (secondary N) is 1. The number of likely N-dealkylation sites (N-methyl/N-ethyl adjacent to an activating group) is 1. The molecule has 1 aromatic heterocycles. The van der Waals surface area contributed by atoms with Crippen LogP contribution in [-0.2, 0) is 29.0 Å². The molecule has 1 N–H and O–H groups in total. The van der Waals surface area contributed by atoms with Crippen LogP contribution in [0.1, 0.15) is 43.6 Å². The normalized spacial score (nSPS) is 15.6. The molecule has 0 radical (unpaired) electrons. The van der Waals surface area contributed by atoms with Gasteiger partial charge in [-0.25, -0.2) is 9.48 Å². The fourth-order valence-corrected chi connectivity index (χ4v) is 4.32. The van der Waals surface area contributed by atoms with Crippen molar-refractivity contribution in [1.29, 1.82) is 0 Å². The molecule has 0 spiro atoms. The van der Waals surface area contributed by atoms with Gasteiger partial charge >= 0.3 is 12.0 Å². The van der Waals surface area contributed by atoms with E-state index in [9.17, 15) is 9.59 Å². The molecule has 1 fully saturated rings. The van der Waals surface area contributed by atoms with Gasteiger partial charge in [-0.05, 0) is 38.4 Å². The highest BCUT2D eigenvalue weighted by Gasteiger charge is 2.35. The lowest BCUT2D eigenvalue weighted by atomic mass is 10.0. The summed E-state index contributed by atoms with van der Waals surface area (Å²) in [7, 11) is 1.66. The molecule has 2 amide bonds. The Kier molecular flexibility index (Phi) is 7.17. The van der Waals surface area contributed by atoms with Crippen molar-refractivity contribution in [3.05, 3.63) is 41.2 Å². The molecule has 4 rings (SSSR count). The van der Waals surface area contributed by atoms with Gasteiger partial charge < -0.3 is 19.7 Å². The molecule has 2 heterocycles. The molecule has 2 aliphatic rings. The molecule has 2 aromatic rings. The SMILES string of the molecule is CCOC(=O)CNC(=O)N(Cc1nn(-c2ccccc2OC)c2c1CN(CC)CC2)C1CC1. The van der Waals surface area contributed by atoms with Crippen LogP contribution in [0.5, 0.6) is 5.75 Å². The van der Waals surface area contributed by atoms with E-state index in [1.165, 1.54) is 11.3 Å². The van der Waals surface area contributed by atoms with Gasteiger partial charge in [0.2, 0.25) is 0 Å². The largest absolute Gasteiger partial charge is 0.494 e. The number of rotatable bonds is 9. The van der Waals surface area contributed by atoms with E-state index in [2.05, 4.69) is 17.1 Å². The lowest BCUT2D eigenvalue weighted by Crippen LogP contribution is -2.43. The van der Waals surface area contributed by atoms with Crippen LogP contribution in [0.2, 0.25) is 0 Å². The Bertz CT molecular complexity index is 1000. The molecule has 1 aliphatic heterocycles. The van der Waals surface area contributed by atoms with Crippen molar-refractivity contribution in [1.82, 2.24) is 24.9 Å². The maximum Gasteiger partial charge on any atom is 0.325 e. The third-order valence-electron chi connectivity index (χ3n) is 6.24. The first kappa shape index (κ1) is 23.1. The number of benzene rings is 1. The van der Waals surface area contributed by atoms with Crippen LogP contribution in [0.4, 0.5) is 4.79 Å². The first-order valence-electron chi connectivity index (χ1n) is 11.7. The number of urea groups is 1. The van der Waals surface area contributed by atoms with E-state index in [4.69, 9.17) is 14.6 Å². The van der Waals surface area contributed by atoms with Gasteiger partial charge in [-0.15, -0.1) is 0 Å². The molecule has 9 heteroatoms. The molecule has 178 valence electrons. The Morgan fingerprint density at radius 3 is 2.73 bits per heavy atom. The van der Waals surface area contributed by atoms with Crippen molar-refractivity contribution >= 4 is 12.0 Å². The molecule has 9 nitrogen and oxygen atoms in total. The molecule has 1 saturated carbocycles. The van der Waals surface area contributed by atoms with Crippen molar-refractivity contribution in [2.24, 2.45) is 0 Å². The maximum atomic E-state index is 12.9. The fraction of sp³-hybridized carbons (Fsp3) is 0.542. The van der Waals surface area contributed by atoms with Crippen LogP contribution in [0.15, 0.2) is 24.3 Å². The second-order valence-electron chi connectivity index (χ2n) is 8.40. The van der Waals surface area contributed by atoms with Crippen LogP contribution in [0, 0.1) is 0 Å². The smallest absolute Gasteiger partial charge is 0.325 e. The number of carbonyl (C=O) groups is 2. The van der Waals surface area contributed by atoms with E-state index in [0.29, 0.717) is 13.2 Å². The number of fused-ring (bicyclic) bond motifs is 1. The number of carbonyl (C=O) groups excluding carboxylic acids is 2. The van der Waals surface area contributed by atoms with Gasteiger partial charge in [0.05, 0.1) is 31.6 Å². The van der Waals surface area contributed by atoms with Crippen molar-refractivity contribution in [2.45, 2.75) is 52.2 Å². The highest BCUT2D eigenvalue weighted by molar-refractivity contribution is 5.81. The third kappa shape index (κ3) is 5.13. The summed E-state index contributed by atoms with van der Waals surface area (Å²) in [5.74, 6) is 0.330. The average molecular weight is 456 g/mol. The highest BCUT2D eigenvalue weighted by Crippen LogP contribution is 2.33. The number of esters is 1. The summed E-state index contributed by atoms with van der Waals surface area (Å²) < 4.78 is 12.5. The number of para-hydroxylation sites is 2. The number of ether oxygens (including phenoxy) is 2. The highest BCUT2D eigenvalue weighted by atomic mass is 16.5. The molecular weight excluding hydrogens is 422 g/mol. The summed E-state index contributed by atoms with van der Waals surface area (Å²) in [6.07, 6.45) is 2.80. The monoisotopic (exact) mass is 455 g/mol. The van der Waals surface area contributed by atoms with E-state index in [0.717, 1.165) is 56.0 Å². The number of methoxy groups -OCH3 is 1. The topological polar surface area (TPSA) is 88.9 Å². The minimum atomic E-state index is -0.432. The summed E-state index contributed by atoms with van der Waals surface area (Å²) >= 11 is 0. The van der Waals surface area contributed by atoms with Gasteiger partial charge in [0, 0.05) is 31.1 Å². The molecule has 1 aliphatic carbocycles. The summed E-state index contributed by atoms with van der Waals surface area (Å²) in [6.45, 7) is 7.21. The minimum absolute atomic E-state index is 0.132. The zero-order valence-corrected chi connectivity index (χ0v) is 19.7. The zero-order chi connectivity index (χ0) is 23.4. The van der Waals surface area contributed by atoms with Crippen LogP contribution >= 0.6 is 0 Å². The quantitative estimate of drug-likeness (QED) is 0.585. The van der Waals surface area contributed by atoms with Gasteiger partial charge in [-0.1, -0.05) is 19.1 Å². The Morgan fingerprint density at radius 2 is 2.03 bits per heavy atom.